The summed E-state index contributed by atoms with van der Waals surface area (Å²) >= 11 is 35.3. The van der Waals surface area contributed by atoms with Gasteiger partial charge in [0.1, 0.15) is 22.8 Å². The van der Waals surface area contributed by atoms with Crippen molar-refractivity contribution in [2.24, 2.45) is 0 Å². The molecule has 0 aliphatic carbocycles. The third-order valence-corrected chi connectivity index (χ3v) is 37.8. The Balaban J connectivity index is 0.000000307. The van der Waals surface area contributed by atoms with Gasteiger partial charge in [-0.25, -0.2) is 64.0 Å². The summed E-state index contributed by atoms with van der Waals surface area (Å²) in [6.07, 6.45) is -27.4. The Morgan fingerprint density at radius 1 is 0.336 bits per heavy atom. The Kier molecular flexibility index (Phi) is 45.6. The Bertz CT molecular complexity index is 5650. The van der Waals surface area contributed by atoms with E-state index in [1.807, 2.05) is 390 Å². The first kappa shape index (κ1) is 115. The molecule has 0 saturated carbocycles. The second-order valence-corrected chi connectivity index (χ2v) is 47.7. The largest absolute Gasteiger partial charge is 0.748 e. The Hall–Kier alpha value is 1.18. The molecule has 24 nitrogen and oxygen atoms in total. The molecule has 0 heterocycles. The van der Waals surface area contributed by atoms with E-state index in [2.05, 4.69) is 36.8 Å². The third kappa shape index (κ3) is 35.8. The van der Waals surface area contributed by atoms with E-state index in [1.165, 1.54) is 30.3 Å². The summed E-state index contributed by atoms with van der Waals surface area (Å²) < 4.78 is 270. The fraction of sp³-hybridized carbons (Fsp3) is 0.186. The zero-order chi connectivity index (χ0) is 94.7. The van der Waals surface area contributed by atoms with E-state index in [9.17, 15) is 117 Å². The van der Waals surface area contributed by atoms with Gasteiger partial charge in [-0.05, 0) is 498 Å². The summed E-state index contributed by atoms with van der Waals surface area (Å²) in [7, 11) is -11.1. The molecule has 0 N–H and O–H groups in total. The molecular formula is C70H33F11I18O24S2-2. The van der Waals surface area contributed by atoms with Crippen LogP contribution in [0.25, 0.3) is 0 Å². The summed E-state index contributed by atoms with van der Waals surface area (Å²) in [4.78, 5) is 117. The molecule has 125 heavy (non-hydrogen) atoms. The van der Waals surface area contributed by atoms with Crippen LogP contribution >= 0.6 is 407 Å². The van der Waals surface area contributed by atoms with Crippen LogP contribution in [0.1, 0.15) is 103 Å². The fourth-order valence-electron chi connectivity index (χ4n) is 9.07. The highest BCUT2D eigenvalue weighted by atomic mass is 127. The van der Waals surface area contributed by atoms with E-state index >= 15 is 0 Å². The van der Waals surface area contributed by atoms with E-state index in [0.717, 1.165) is 44.6 Å². The molecule has 674 valence electrons. The van der Waals surface area contributed by atoms with Crippen LogP contribution in [0, 0.1) is 64.3 Å². The van der Waals surface area contributed by atoms with E-state index in [1.54, 1.807) is 36.4 Å². The highest BCUT2D eigenvalue weighted by Crippen LogP contribution is 2.42. The average molecular weight is 3820 g/mol. The fourth-order valence-corrected chi connectivity index (χ4v) is 24.6. The van der Waals surface area contributed by atoms with Gasteiger partial charge in [0.2, 0.25) is 12.2 Å². The van der Waals surface area contributed by atoms with Gasteiger partial charge in [-0.2, -0.15) is 39.5 Å². The molecule has 8 rings (SSSR count). The maximum atomic E-state index is 14.0. The van der Waals surface area contributed by atoms with Gasteiger partial charge in [0.15, 0.2) is 11.5 Å². The minimum atomic E-state index is -5.63. The summed E-state index contributed by atoms with van der Waals surface area (Å²) in [5.74, 6) is -22.5. The number of esters is 9. The number of ether oxygens (including phenoxy) is 9. The van der Waals surface area contributed by atoms with Crippen LogP contribution in [-0.4, -0.2) is 141 Å². The van der Waals surface area contributed by atoms with Gasteiger partial charge in [0, 0.05) is 95.8 Å². The van der Waals surface area contributed by atoms with Crippen LogP contribution in [0.2, 0.25) is 0 Å². The molecule has 0 amide bonds. The maximum Gasteiger partial charge on any atom is 0.431 e. The molecule has 0 aliphatic heterocycles. The Morgan fingerprint density at radius 3 is 0.864 bits per heavy atom. The predicted molar refractivity (Wildman–Crippen MR) is 571 cm³/mol. The average Bonchev–Trinajstić information content (AvgIpc) is 0.780. The van der Waals surface area contributed by atoms with Crippen LogP contribution in [0.5, 0.6) is 28.7 Å². The van der Waals surface area contributed by atoms with E-state index in [0.29, 0.717) is 55.5 Å². The number of hydrogen-bond acceptors (Lipinski definition) is 24. The molecule has 8 aromatic rings. The summed E-state index contributed by atoms with van der Waals surface area (Å²) in [5, 5.41) is 0. The number of hydrogen-bond donors (Lipinski definition) is 0. The number of alkyl halides is 11. The van der Waals surface area contributed by atoms with Crippen LogP contribution in [-0.2, 0) is 44.0 Å². The van der Waals surface area contributed by atoms with Crippen molar-refractivity contribution < 1.29 is 160 Å². The lowest BCUT2D eigenvalue weighted by molar-refractivity contribution is -0.273. The number of rotatable bonds is 25. The SMILES string of the molecule is CC(F)(F)C(OC(=O)CCCOC(=O)c1cc(I)cc(I)c1I)C(F)(F)F.O=C(OC(CS(=O)(=O)[O-])C(F)(F)F)c1cc(OC(=O)c2cc(I)cc(I)c2I)cc(OC(=O)c2cc(I)cc(I)c2I)c1.O=C(Oc1cc(OC(=O)c2cc(I)cc(I)c2I)c(C(=O)OC(CS(=O)(=O)[O-])C(F)(F)F)c(OC(=O)c2cc(I)cc(I)c2I)c1)c1cc(I)cc(I)c1I. The topological polar surface area (TPSA) is 351 Å². The number of halogens is 29. The first-order valence-corrected chi connectivity index (χ1v) is 54.5. The molecule has 3 unspecified atom stereocenters. The van der Waals surface area contributed by atoms with Gasteiger partial charge < -0.3 is 51.7 Å². The molecule has 0 bridgehead atoms. The minimum Gasteiger partial charge on any atom is -0.748 e. The van der Waals surface area contributed by atoms with E-state index in [-0.39, 0.29) is 47.8 Å². The summed E-state index contributed by atoms with van der Waals surface area (Å²) in [6, 6.07) is 24.2. The lowest BCUT2D eigenvalue weighted by atomic mass is 10.1. The van der Waals surface area contributed by atoms with Crippen molar-refractivity contribution in [3.05, 3.63) is 212 Å². The molecule has 3 atom stereocenters. The quantitative estimate of drug-likeness (QED) is 0.00749. The second kappa shape index (κ2) is 49.6. The predicted octanol–water partition coefficient (Wildman–Crippen LogP) is 23.4. The van der Waals surface area contributed by atoms with Gasteiger partial charge in [0.05, 0.1) is 77.3 Å². The standard InChI is InChI=1S/C31H12F3I9O11S.C24H11F3I6O9S.C15H12F5I3O4/c32-31(33,34)22(9-55(48,49)50)54-30(47)23-20(52-28(45)15-2-11(36)5-18(39)25(15)42)7-13(51-27(44)14-1-10(35)4-17(38)24(14)41)8-21(23)53-29(46)16-3-12(37)6-19(40)26(16)43;25-24(26,27)18(8-43(37,38)39)42-21(34)9-1-12(40-22(35)14-3-10(28)5-16(30)19(14)32)7-13(2-9)41-23(36)15-4-11(29)6-17(31)20(15)33;1-14(16,17)13(15(18,19)20)27-10(24)3-2-4-26-12(25)8-5-7(21)6-9(22)11(8)23/h1-8,22H,9H2,(H,48,49,50);1-7,18H,8H2,(H,37,38,39);5-6,13H,2-4H2,1H3/p-2. The maximum absolute atomic E-state index is 14.0. The van der Waals surface area contributed by atoms with Crippen LogP contribution in [0.4, 0.5) is 48.3 Å². The Labute approximate surface area is 944 Å². The molecule has 55 heteroatoms. The second-order valence-electron chi connectivity index (χ2n) is 23.9. The van der Waals surface area contributed by atoms with Gasteiger partial charge in [-0.1, -0.05) is 0 Å². The van der Waals surface area contributed by atoms with Gasteiger partial charge in [-0.15, -0.1) is 0 Å². The lowest BCUT2D eigenvalue weighted by Crippen LogP contribution is -2.46. The first-order valence-electron chi connectivity index (χ1n) is 31.9. The number of benzene rings is 8. The van der Waals surface area contributed by atoms with E-state index in [4.69, 9.17) is 28.4 Å². The highest BCUT2D eigenvalue weighted by Gasteiger charge is 2.56. The van der Waals surface area contributed by atoms with E-state index < -0.39 is 175 Å². The van der Waals surface area contributed by atoms with Gasteiger partial charge in [-0.3, -0.25) is 4.79 Å². The van der Waals surface area contributed by atoms with Crippen molar-refractivity contribution in [1.82, 2.24) is 0 Å². The number of carbonyl (C=O) groups is 9. The van der Waals surface area contributed by atoms with Crippen LogP contribution < -0.4 is 23.7 Å². The molecule has 0 radical (unpaired) electrons. The van der Waals surface area contributed by atoms with Crippen LogP contribution in [0.15, 0.2) is 103 Å². The smallest absolute Gasteiger partial charge is 0.431 e. The van der Waals surface area contributed by atoms with Crippen molar-refractivity contribution in [2.75, 3.05) is 18.1 Å². The van der Waals surface area contributed by atoms with Crippen LogP contribution in [0.3, 0.4) is 0 Å². The van der Waals surface area contributed by atoms with Gasteiger partial charge >= 0.3 is 72.3 Å². The van der Waals surface area contributed by atoms with Crippen molar-refractivity contribution >= 4 is 481 Å². The molecule has 0 aliphatic rings. The zero-order valence-electron chi connectivity index (χ0n) is 59.7. The molecule has 0 aromatic heterocycles. The normalized spacial score (nSPS) is 12.5. The molecular weight excluding hydrogens is 3780 g/mol. The Morgan fingerprint density at radius 2 is 0.600 bits per heavy atom. The summed E-state index contributed by atoms with van der Waals surface area (Å²) in [5.41, 5.74) is -1.20. The van der Waals surface area contributed by atoms with Gasteiger partial charge in [0.25, 0.3) is 12.0 Å². The van der Waals surface area contributed by atoms with Crippen molar-refractivity contribution in [3.63, 3.8) is 0 Å². The third-order valence-electron chi connectivity index (χ3n) is 14.4. The van der Waals surface area contributed by atoms with Crippen molar-refractivity contribution in [3.8, 4) is 28.7 Å². The first-order chi connectivity index (χ1) is 57.3. The molecule has 0 saturated heterocycles. The highest BCUT2D eigenvalue weighted by molar-refractivity contribution is 14.1. The lowest BCUT2D eigenvalue weighted by Gasteiger charge is -2.25. The zero-order valence-corrected chi connectivity index (χ0v) is 100. The minimum absolute atomic E-state index is 0.0183. The molecule has 8 aromatic carbocycles. The number of carbonyl (C=O) groups excluding carboxylic acids is 9. The van der Waals surface area contributed by atoms with Crippen molar-refractivity contribution in [2.45, 2.75) is 62.5 Å². The monoisotopic (exact) mass is 3810 g/mol. The summed E-state index contributed by atoms with van der Waals surface area (Å²) in [6.45, 7) is -0.254. The molecule has 0 spiro atoms. The van der Waals surface area contributed by atoms with Crippen molar-refractivity contribution in [1.29, 1.82) is 0 Å². The molecule has 0 fully saturated rings.